The average molecular weight is 212 g/mol. The lowest BCUT2D eigenvalue weighted by Gasteiger charge is -2.31. The van der Waals surface area contributed by atoms with Crippen LogP contribution in [0.5, 0.6) is 0 Å². The Balaban J connectivity index is 2.20. The normalized spacial score (nSPS) is 21.3. The van der Waals surface area contributed by atoms with E-state index in [4.69, 9.17) is 0 Å². The van der Waals surface area contributed by atoms with Gasteiger partial charge in [-0.1, -0.05) is 11.6 Å². The number of aliphatic hydroxyl groups is 1. The maximum Gasteiger partial charge on any atom is 0.108 e. The lowest BCUT2D eigenvalue weighted by atomic mass is 10.1. The van der Waals surface area contributed by atoms with Gasteiger partial charge in [0.1, 0.15) is 6.23 Å². The van der Waals surface area contributed by atoms with Crippen molar-refractivity contribution in [2.24, 2.45) is 0 Å². The Morgan fingerprint density at radius 3 is 2.60 bits per heavy atom. The molecule has 1 rings (SSSR count). The standard InChI is InChI=1S/C12H24N2O/c1-10(2)4-5-12(15)13-11-6-8-14(3)9-7-11/h4,11-13,15H,5-9H2,1-3H3. The lowest BCUT2D eigenvalue weighted by Crippen LogP contribution is -2.45. The predicted octanol–water partition coefficient (Wildman–Crippen LogP) is 1.34. The van der Waals surface area contributed by atoms with Crippen LogP contribution in [0.25, 0.3) is 0 Å². The molecule has 88 valence electrons. The van der Waals surface area contributed by atoms with Crippen LogP contribution >= 0.6 is 0 Å². The summed E-state index contributed by atoms with van der Waals surface area (Å²) < 4.78 is 0. The van der Waals surface area contributed by atoms with Crippen LogP contribution in [0.2, 0.25) is 0 Å². The molecule has 2 N–H and O–H groups in total. The van der Waals surface area contributed by atoms with Gasteiger partial charge < -0.3 is 10.0 Å². The van der Waals surface area contributed by atoms with Gasteiger partial charge in [0.05, 0.1) is 0 Å². The Kier molecular flexibility index (Phi) is 5.29. The summed E-state index contributed by atoms with van der Waals surface area (Å²) in [4.78, 5) is 2.33. The van der Waals surface area contributed by atoms with Crippen LogP contribution in [-0.4, -0.2) is 42.4 Å². The van der Waals surface area contributed by atoms with Crippen LogP contribution in [-0.2, 0) is 0 Å². The van der Waals surface area contributed by atoms with Gasteiger partial charge in [-0.25, -0.2) is 0 Å². The molecule has 1 unspecified atom stereocenters. The largest absolute Gasteiger partial charge is 0.378 e. The summed E-state index contributed by atoms with van der Waals surface area (Å²) >= 11 is 0. The molecule has 0 aromatic carbocycles. The van der Waals surface area contributed by atoms with Gasteiger partial charge in [-0.15, -0.1) is 0 Å². The van der Waals surface area contributed by atoms with E-state index in [0.29, 0.717) is 12.5 Å². The number of allylic oxidation sites excluding steroid dienone is 1. The Morgan fingerprint density at radius 2 is 2.07 bits per heavy atom. The molecule has 1 atom stereocenters. The summed E-state index contributed by atoms with van der Waals surface area (Å²) in [6, 6.07) is 0.488. The smallest absolute Gasteiger partial charge is 0.108 e. The van der Waals surface area contributed by atoms with Crippen molar-refractivity contribution in [3.63, 3.8) is 0 Å². The number of nitrogens with zero attached hydrogens (tertiary/aromatic N) is 1. The molecule has 0 radical (unpaired) electrons. The Morgan fingerprint density at radius 1 is 1.47 bits per heavy atom. The zero-order valence-corrected chi connectivity index (χ0v) is 10.2. The lowest BCUT2D eigenvalue weighted by molar-refractivity contribution is 0.105. The molecule has 15 heavy (non-hydrogen) atoms. The van der Waals surface area contributed by atoms with Gasteiger partial charge in [-0.3, -0.25) is 5.32 Å². The fraction of sp³-hybridized carbons (Fsp3) is 0.833. The minimum Gasteiger partial charge on any atom is -0.378 e. The number of piperidine rings is 1. The zero-order chi connectivity index (χ0) is 11.3. The molecular formula is C12H24N2O. The quantitative estimate of drug-likeness (QED) is 0.545. The molecule has 1 heterocycles. The summed E-state index contributed by atoms with van der Waals surface area (Å²) in [7, 11) is 2.15. The second kappa shape index (κ2) is 6.26. The predicted molar refractivity (Wildman–Crippen MR) is 63.7 cm³/mol. The minimum atomic E-state index is -0.381. The zero-order valence-electron chi connectivity index (χ0n) is 10.2. The van der Waals surface area contributed by atoms with Crippen molar-refractivity contribution in [2.75, 3.05) is 20.1 Å². The highest BCUT2D eigenvalue weighted by Gasteiger charge is 2.17. The van der Waals surface area contributed by atoms with Crippen LogP contribution in [0.15, 0.2) is 11.6 Å². The van der Waals surface area contributed by atoms with Crippen molar-refractivity contribution in [1.82, 2.24) is 10.2 Å². The summed E-state index contributed by atoms with van der Waals surface area (Å²) in [5.41, 5.74) is 1.26. The fourth-order valence-corrected chi connectivity index (χ4v) is 1.86. The SMILES string of the molecule is CC(C)=CCC(O)NC1CCN(C)CC1. The molecule has 3 heteroatoms. The van der Waals surface area contributed by atoms with E-state index in [1.54, 1.807) is 0 Å². The Bertz CT molecular complexity index is 204. The second-order valence-electron chi connectivity index (χ2n) is 4.78. The first-order chi connectivity index (χ1) is 7.08. The molecule has 0 saturated carbocycles. The van der Waals surface area contributed by atoms with E-state index < -0.39 is 0 Å². The summed E-state index contributed by atoms with van der Waals surface area (Å²) in [5.74, 6) is 0. The van der Waals surface area contributed by atoms with Crippen molar-refractivity contribution in [3.8, 4) is 0 Å². The summed E-state index contributed by atoms with van der Waals surface area (Å²) in [6.45, 7) is 6.38. The van der Waals surface area contributed by atoms with Crippen molar-refractivity contribution in [1.29, 1.82) is 0 Å². The van der Waals surface area contributed by atoms with Crippen molar-refractivity contribution in [2.45, 2.75) is 45.4 Å². The Labute approximate surface area is 93.2 Å². The maximum absolute atomic E-state index is 9.75. The van der Waals surface area contributed by atoms with Crippen molar-refractivity contribution < 1.29 is 5.11 Å². The van der Waals surface area contributed by atoms with Gasteiger partial charge in [0.2, 0.25) is 0 Å². The molecule has 0 aliphatic carbocycles. The molecule has 1 aliphatic rings. The van der Waals surface area contributed by atoms with Crippen molar-refractivity contribution >= 4 is 0 Å². The van der Waals surface area contributed by atoms with Gasteiger partial charge in [0.25, 0.3) is 0 Å². The Hall–Kier alpha value is -0.380. The van der Waals surface area contributed by atoms with Crippen LogP contribution < -0.4 is 5.32 Å². The van der Waals surface area contributed by atoms with Gasteiger partial charge >= 0.3 is 0 Å². The number of rotatable bonds is 4. The van der Waals surface area contributed by atoms with E-state index in [1.807, 2.05) is 0 Å². The first kappa shape index (κ1) is 12.7. The van der Waals surface area contributed by atoms with E-state index in [-0.39, 0.29) is 6.23 Å². The molecule has 0 amide bonds. The van der Waals surface area contributed by atoms with Crippen LogP contribution in [0.3, 0.4) is 0 Å². The molecule has 0 aromatic rings. The third-order valence-electron chi connectivity index (χ3n) is 2.90. The molecule has 0 bridgehead atoms. The van der Waals surface area contributed by atoms with Gasteiger partial charge in [0.15, 0.2) is 0 Å². The first-order valence-corrected chi connectivity index (χ1v) is 5.84. The van der Waals surface area contributed by atoms with E-state index in [0.717, 1.165) is 25.9 Å². The molecule has 3 nitrogen and oxygen atoms in total. The van der Waals surface area contributed by atoms with Crippen LogP contribution in [0, 0.1) is 0 Å². The van der Waals surface area contributed by atoms with E-state index in [1.165, 1.54) is 5.57 Å². The third kappa shape index (κ3) is 5.30. The fourth-order valence-electron chi connectivity index (χ4n) is 1.86. The first-order valence-electron chi connectivity index (χ1n) is 5.84. The molecule has 1 fully saturated rings. The van der Waals surface area contributed by atoms with Gasteiger partial charge in [-0.05, 0) is 46.8 Å². The number of hydrogen-bond donors (Lipinski definition) is 2. The number of likely N-dealkylation sites (tertiary alicyclic amines) is 1. The van der Waals surface area contributed by atoms with E-state index in [9.17, 15) is 5.11 Å². The third-order valence-corrected chi connectivity index (χ3v) is 2.90. The van der Waals surface area contributed by atoms with Crippen LogP contribution in [0.4, 0.5) is 0 Å². The van der Waals surface area contributed by atoms with Crippen molar-refractivity contribution in [3.05, 3.63) is 11.6 Å². The highest BCUT2D eigenvalue weighted by atomic mass is 16.3. The molecule has 1 aliphatic heterocycles. The molecule has 0 spiro atoms. The number of nitrogens with one attached hydrogen (secondary N) is 1. The number of hydrogen-bond acceptors (Lipinski definition) is 3. The number of aliphatic hydroxyl groups excluding tert-OH is 1. The molecule has 0 aromatic heterocycles. The topological polar surface area (TPSA) is 35.5 Å². The summed E-state index contributed by atoms with van der Waals surface area (Å²) in [6.07, 6.45) is 4.69. The van der Waals surface area contributed by atoms with Gasteiger partial charge in [0, 0.05) is 12.5 Å². The average Bonchev–Trinajstić information content (AvgIpc) is 2.19. The second-order valence-corrected chi connectivity index (χ2v) is 4.78. The van der Waals surface area contributed by atoms with E-state index in [2.05, 4.69) is 37.2 Å². The highest BCUT2D eigenvalue weighted by molar-refractivity contribution is 4.94. The monoisotopic (exact) mass is 212 g/mol. The van der Waals surface area contributed by atoms with Gasteiger partial charge in [-0.2, -0.15) is 0 Å². The minimum absolute atomic E-state index is 0.381. The molecular weight excluding hydrogens is 188 g/mol. The highest BCUT2D eigenvalue weighted by Crippen LogP contribution is 2.09. The van der Waals surface area contributed by atoms with Crippen LogP contribution in [0.1, 0.15) is 33.1 Å². The summed E-state index contributed by atoms with van der Waals surface area (Å²) in [5, 5.41) is 13.0. The van der Waals surface area contributed by atoms with E-state index >= 15 is 0 Å². The maximum atomic E-state index is 9.75. The molecule has 1 saturated heterocycles.